The van der Waals surface area contributed by atoms with Crippen LogP contribution in [0.4, 0.5) is 0 Å². The second-order valence-corrected chi connectivity index (χ2v) is 36.3. The van der Waals surface area contributed by atoms with Gasteiger partial charge in [-0.2, -0.15) is 0 Å². The maximum absolute atomic E-state index is 11.5. The van der Waals surface area contributed by atoms with Gasteiger partial charge in [0.15, 0.2) is 0 Å². The van der Waals surface area contributed by atoms with Gasteiger partial charge < -0.3 is 10.2 Å². The largest absolute Gasteiger partial charge is 0.507 e. The molecule has 0 radical (unpaired) electrons. The van der Waals surface area contributed by atoms with Crippen molar-refractivity contribution in [1.29, 1.82) is 0 Å². The van der Waals surface area contributed by atoms with E-state index in [1.807, 2.05) is 67.0 Å². The van der Waals surface area contributed by atoms with E-state index in [4.69, 9.17) is 19.9 Å². The van der Waals surface area contributed by atoms with Gasteiger partial charge in [-0.15, -0.1) is 59.2 Å². The van der Waals surface area contributed by atoms with E-state index in [-0.39, 0.29) is 91.5 Å². The maximum atomic E-state index is 11.5. The Bertz CT molecular complexity index is 5630. The quantitative estimate of drug-likeness (QED) is 0.132. The van der Waals surface area contributed by atoms with Crippen LogP contribution in [0, 0.1) is 12.1 Å². The number of imidazole rings is 2. The second-order valence-electron chi connectivity index (χ2n) is 36.3. The van der Waals surface area contributed by atoms with Crippen molar-refractivity contribution in [2.24, 2.45) is 0 Å². The Morgan fingerprint density at radius 3 is 0.991 bits per heavy atom. The van der Waals surface area contributed by atoms with Crippen LogP contribution in [0.1, 0.15) is 184 Å². The van der Waals surface area contributed by atoms with Crippen molar-refractivity contribution < 1.29 is 52.3 Å². The molecule has 110 heavy (non-hydrogen) atoms. The van der Waals surface area contributed by atoms with Crippen molar-refractivity contribution in [3.05, 3.63) is 288 Å². The summed E-state index contributed by atoms with van der Waals surface area (Å²) in [4.78, 5) is 20.8. The molecule has 0 atom stereocenters. The van der Waals surface area contributed by atoms with E-state index in [9.17, 15) is 10.2 Å². The van der Waals surface area contributed by atoms with Gasteiger partial charge in [-0.3, -0.25) is 19.1 Å². The molecule has 0 unspecified atom stereocenters. The van der Waals surface area contributed by atoms with Crippen molar-refractivity contribution in [3.63, 3.8) is 0 Å². The molecule has 0 bridgehead atoms. The fraction of sp³-hybridized carbons (Fsp3) is 0.280. The number of phenolic OH excluding ortho intramolecular Hbond substituents is 2. The predicted molar refractivity (Wildman–Crippen MR) is 453 cm³/mol. The first-order valence-electron chi connectivity index (χ1n) is 38.0. The molecule has 0 saturated carbocycles. The predicted octanol–water partition coefficient (Wildman–Crippen LogP) is 26.3. The minimum absolute atomic E-state index is 0. The van der Waals surface area contributed by atoms with Crippen LogP contribution in [0.25, 0.3) is 123 Å². The molecule has 0 aliphatic heterocycles. The number of hydrogen-bond donors (Lipinski definition) is 2. The normalized spacial score (nSPS) is 12.3. The number of benzene rings is 10. The number of pyridine rings is 2. The summed E-state index contributed by atoms with van der Waals surface area (Å²) in [6, 6.07) is 85.4. The summed E-state index contributed by atoms with van der Waals surface area (Å²) in [5.74, 6) is 1.80. The average Bonchev–Trinajstić information content (AvgIpc) is 1.55. The maximum Gasteiger partial charge on any atom is 0.148 e. The third-order valence-corrected chi connectivity index (χ3v) is 20.7. The standard InChI is InChI=1S/C52H56N3O.C48H48N3O.2Pt/c1-49(2,3)37-28-35(27-36(29-37)43-30-34(25-26-53-43)33-19-14-13-15-20-33)40-31-38(50(4,5)6)32-44-46(40)54-48(39-21-16-17-24-45(39)56)55(44)47-41(51(7,8)9)22-18-23-42(47)52(10,11)12;1-46(2,3)35-29-37(33-19-15-20-34(27-33)40-28-32(25-26-49-40)31-17-11-10-12-18-31)43-41(30-35)51(45(50-43)36-21-13-14-24-42(36)52)44-38(47(4,5)6)22-16-23-39(44)48(7,8)9;;/h13-26,28-32,56H,1-12H3;10-26,28-30,52H,1-9H3;;/q2*-1;;. The number of aromatic nitrogens is 6. The molecule has 14 rings (SSSR count). The molecule has 4 heterocycles. The molecule has 2 N–H and O–H groups in total. The summed E-state index contributed by atoms with van der Waals surface area (Å²) in [6.45, 7) is 47.6. The van der Waals surface area contributed by atoms with Crippen LogP contribution >= 0.6 is 0 Å². The Hall–Kier alpha value is -9.58. The second kappa shape index (κ2) is 30.9. The molecule has 0 fully saturated rings. The van der Waals surface area contributed by atoms with E-state index in [2.05, 4.69) is 324 Å². The first-order chi connectivity index (χ1) is 50.8. The van der Waals surface area contributed by atoms with Gasteiger partial charge in [0.05, 0.1) is 44.6 Å². The summed E-state index contributed by atoms with van der Waals surface area (Å²) in [5, 5.41) is 22.9. The van der Waals surface area contributed by atoms with Gasteiger partial charge in [0, 0.05) is 65.9 Å². The summed E-state index contributed by atoms with van der Waals surface area (Å²) in [6.07, 6.45) is 3.77. The van der Waals surface area contributed by atoms with Crippen LogP contribution in [-0.2, 0) is 80.0 Å². The monoisotopic (exact) mass is 1810 g/mol. The zero-order valence-corrected chi connectivity index (χ0v) is 72.3. The molecule has 0 spiro atoms. The van der Waals surface area contributed by atoms with Gasteiger partial charge in [0.2, 0.25) is 0 Å². The topological polar surface area (TPSA) is 102 Å². The smallest absolute Gasteiger partial charge is 0.148 e. The van der Waals surface area contributed by atoms with Gasteiger partial charge in [-0.25, -0.2) is 9.97 Å². The van der Waals surface area contributed by atoms with Crippen LogP contribution in [-0.4, -0.2) is 39.3 Å². The third kappa shape index (κ3) is 16.7. The van der Waals surface area contributed by atoms with E-state index in [1.54, 1.807) is 12.1 Å². The van der Waals surface area contributed by atoms with Crippen LogP contribution in [0.15, 0.2) is 237 Å². The molecule has 568 valence electrons. The van der Waals surface area contributed by atoms with Crippen molar-refractivity contribution in [2.45, 2.75) is 183 Å². The van der Waals surface area contributed by atoms with Gasteiger partial charge in [0.25, 0.3) is 0 Å². The Balaban J connectivity index is 0.000000215. The molecular weight excluding hydrogens is 1710 g/mol. The van der Waals surface area contributed by atoms with Gasteiger partial charge in [-0.05, 0) is 142 Å². The number of para-hydroxylation sites is 4. The number of rotatable bonds is 10. The molecule has 14 aromatic rings. The molecule has 0 aliphatic rings. The van der Waals surface area contributed by atoms with E-state index < -0.39 is 0 Å². The molecule has 10 heteroatoms. The minimum atomic E-state index is -0.182. The Labute approximate surface area is 682 Å². The molecule has 8 nitrogen and oxygen atoms in total. The summed E-state index contributed by atoms with van der Waals surface area (Å²) in [5.41, 5.74) is 26.5. The van der Waals surface area contributed by atoms with Crippen LogP contribution < -0.4 is 0 Å². The summed E-state index contributed by atoms with van der Waals surface area (Å²) < 4.78 is 4.66. The Kier molecular flexibility index (Phi) is 22.9. The van der Waals surface area contributed by atoms with Crippen molar-refractivity contribution in [2.75, 3.05) is 0 Å². The van der Waals surface area contributed by atoms with Gasteiger partial charge in [-0.1, -0.05) is 313 Å². The fourth-order valence-corrected chi connectivity index (χ4v) is 14.6. The first-order valence-corrected chi connectivity index (χ1v) is 38.0. The summed E-state index contributed by atoms with van der Waals surface area (Å²) in [7, 11) is 0. The van der Waals surface area contributed by atoms with Crippen LogP contribution in [0.2, 0.25) is 0 Å². The molecule has 0 saturated heterocycles. The molecule has 4 aromatic heterocycles. The van der Waals surface area contributed by atoms with Gasteiger partial charge >= 0.3 is 0 Å². The summed E-state index contributed by atoms with van der Waals surface area (Å²) >= 11 is 0. The number of aromatic hydroxyl groups is 2. The first kappa shape index (κ1) is 81.4. The Morgan fingerprint density at radius 1 is 0.282 bits per heavy atom. The van der Waals surface area contributed by atoms with Crippen LogP contribution in [0.5, 0.6) is 11.5 Å². The Morgan fingerprint density at radius 2 is 0.609 bits per heavy atom. The van der Waals surface area contributed by atoms with E-state index in [1.165, 1.54) is 38.9 Å². The minimum Gasteiger partial charge on any atom is -0.507 e. The molecule has 0 aliphatic carbocycles. The zero-order valence-electron chi connectivity index (χ0n) is 67.7. The zero-order chi connectivity index (χ0) is 77.4. The SMILES string of the molecule is CC(C)(C)c1cc(-c2[c-]c(-c3cc(-c4ccccc4)ccn3)ccc2)c2nc(-c3ccccc3O)n(-c3c(C(C)(C)C)cccc3C(C)(C)C)c2c1.CC(C)(C)c1cc(-c2cc(-c3ccccc3)ccn2)[c-]c(-c2cc(C(C)(C)C)cc3c2nc(-c2ccccc2O)n3-c2c(C(C)(C)C)cccc2C(C)(C)C)c1.[Pt].[Pt]. The van der Waals surface area contributed by atoms with Crippen molar-refractivity contribution in [3.8, 4) is 113 Å². The van der Waals surface area contributed by atoms with Gasteiger partial charge in [0.1, 0.15) is 23.1 Å². The van der Waals surface area contributed by atoms with E-state index >= 15 is 0 Å². The number of fused-ring (bicyclic) bond motifs is 2. The number of nitrogens with zero attached hydrogens (tertiary/aromatic N) is 6. The van der Waals surface area contributed by atoms with E-state index in [0.29, 0.717) is 22.8 Å². The third-order valence-electron chi connectivity index (χ3n) is 20.7. The number of phenols is 2. The fourth-order valence-electron chi connectivity index (χ4n) is 14.6. The molecular formula is C100H104N6O2Pt2-2. The average molecular weight is 1810 g/mol. The van der Waals surface area contributed by atoms with E-state index in [0.717, 1.165) is 100 Å². The number of hydrogen-bond acceptors (Lipinski definition) is 6. The van der Waals surface area contributed by atoms with Crippen molar-refractivity contribution in [1.82, 2.24) is 29.1 Å². The molecule has 0 amide bonds. The van der Waals surface area contributed by atoms with Crippen molar-refractivity contribution >= 4 is 22.1 Å². The van der Waals surface area contributed by atoms with Crippen LogP contribution in [0.3, 0.4) is 0 Å². The molecule has 10 aromatic carbocycles.